The number of hydrogen-bond acceptors (Lipinski definition) is 7. The number of carbonyl (C=O) groups is 1. The first-order valence-electron chi connectivity index (χ1n) is 11.8. The van der Waals surface area contributed by atoms with E-state index >= 15 is 0 Å². The molecule has 0 spiro atoms. The fourth-order valence-corrected chi connectivity index (χ4v) is 5.87. The van der Waals surface area contributed by atoms with Gasteiger partial charge >= 0.3 is 5.97 Å². The molecule has 3 aliphatic rings. The van der Waals surface area contributed by atoms with Crippen LogP contribution in [0.15, 0.2) is 16.9 Å². The minimum atomic E-state index is -1.92. The van der Waals surface area contributed by atoms with Crippen molar-refractivity contribution in [3.8, 4) is 11.4 Å². The number of pyridine rings is 2. The van der Waals surface area contributed by atoms with Crippen molar-refractivity contribution in [1.29, 1.82) is 0 Å². The van der Waals surface area contributed by atoms with Gasteiger partial charge in [0.25, 0.3) is 5.56 Å². The van der Waals surface area contributed by atoms with Crippen molar-refractivity contribution in [2.45, 2.75) is 58.0 Å². The third-order valence-corrected chi connectivity index (χ3v) is 7.74. The molecular formula is C26H25FN2O6. The molecule has 0 amide bonds. The summed E-state index contributed by atoms with van der Waals surface area (Å²) in [5.74, 6) is -1.12. The van der Waals surface area contributed by atoms with Crippen molar-refractivity contribution < 1.29 is 28.9 Å². The molecule has 6 rings (SSSR count). The number of hydrogen-bond donors (Lipinski definition) is 2. The summed E-state index contributed by atoms with van der Waals surface area (Å²) in [5.41, 5.74) is 2.80. The Labute approximate surface area is 199 Å². The maximum atomic E-state index is 14.8. The Kier molecular flexibility index (Phi) is 4.90. The average Bonchev–Trinajstić information content (AvgIpc) is 3.22. The molecule has 35 heavy (non-hydrogen) atoms. The van der Waals surface area contributed by atoms with Gasteiger partial charge < -0.3 is 24.3 Å². The smallest absolute Gasteiger partial charge is 0.343 e. The molecule has 0 saturated heterocycles. The zero-order chi connectivity index (χ0) is 24.6. The van der Waals surface area contributed by atoms with Crippen LogP contribution >= 0.6 is 0 Å². The summed E-state index contributed by atoms with van der Waals surface area (Å²) in [7, 11) is 0. The lowest BCUT2D eigenvalue weighted by molar-refractivity contribution is -0.172. The predicted octanol–water partition coefficient (Wildman–Crippen LogP) is 2.52. The highest BCUT2D eigenvalue weighted by Crippen LogP contribution is 2.46. The molecule has 2 N–H and O–H groups in total. The number of rotatable bonds is 4. The predicted molar refractivity (Wildman–Crippen MR) is 123 cm³/mol. The van der Waals surface area contributed by atoms with Gasteiger partial charge in [-0.25, -0.2) is 14.2 Å². The van der Waals surface area contributed by atoms with E-state index in [9.17, 15) is 24.2 Å². The highest BCUT2D eigenvalue weighted by atomic mass is 19.1. The van der Waals surface area contributed by atoms with E-state index in [1.165, 1.54) is 6.07 Å². The molecule has 4 heterocycles. The van der Waals surface area contributed by atoms with E-state index in [2.05, 4.69) is 0 Å². The van der Waals surface area contributed by atoms with Crippen LogP contribution in [-0.2, 0) is 39.4 Å². The van der Waals surface area contributed by atoms with E-state index < -0.39 is 11.6 Å². The molecule has 3 aromatic rings. The third kappa shape index (κ3) is 2.92. The van der Waals surface area contributed by atoms with Gasteiger partial charge in [0.05, 0.1) is 48.3 Å². The number of carbonyl (C=O) groups excluding carboxylic acids is 1. The number of aryl methyl sites for hydroxylation is 1. The molecule has 0 unspecified atom stereocenters. The minimum absolute atomic E-state index is 0.0515. The monoisotopic (exact) mass is 480 g/mol. The second-order valence-electron chi connectivity index (χ2n) is 9.43. The quantitative estimate of drug-likeness (QED) is 0.432. The normalized spacial score (nSPS) is 22.1. The van der Waals surface area contributed by atoms with Gasteiger partial charge in [0.1, 0.15) is 12.4 Å². The largest absolute Gasteiger partial charge is 0.458 e. The summed E-state index contributed by atoms with van der Waals surface area (Å²) in [4.78, 5) is 30.8. The minimum Gasteiger partial charge on any atom is -0.458 e. The molecule has 1 aromatic carbocycles. The van der Waals surface area contributed by atoms with Gasteiger partial charge in [-0.1, -0.05) is 6.92 Å². The lowest BCUT2D eigenvalue weighted by atomic mass is 9.82. The van der Waals surface area contributed by atoms with Crippen LogP contribution < -0.4 is 5.56 Å². The number of nitrogens with zero attached hydrogens (tertiary/aromatic N) is 2. The molecule has 2 aliphatic heterocycles. The first-order chi connectivity index (χ1) is 16.8. The van der Waals surface area contributed by atoms with Crippen LogP contribution in [0, 0.1) is 12.7 Å². The molecule has 182 valence electrons. The summed E-state index contributed by atoms with van der Waals surface area (Å²) in [6, 6.07) is 3.06. The highest BCUT2D eigenvalue weighted by Gasteiger charge is 2.46. The van der Waals surface area contributed by atoms with Crippen LogP contribution in [0.25, 0.3) is 22.3 Å². The molecule has 8 nitrogen and oxygen atoms in total. The van der Waals surface area contributed by atoms with Crippen LogP contribution in [0.3, 0.4) is 0 Å². The van der Waals surface area contributed by atoms with E-state index in [4.69, 9.17) is 14.5 Å². The van der Waals surface area contributed by atoms with Gasteiger partial charge in [-0.3, -0.25) is 4.79 Å². The van der Waals surface area contributed by atoms with Gasteiger partial charge in [0.2, 0.25) is 0 Å². The fraction of sp³-hybridized carbons (Fsp3) is 0.423. The van der Waals surface area contributed by atoms with Crippen molar-refractivity contribution in [2.75, 3.05) is 13.2 Å². The number of cyclic esters (lactones) is 1. The zero-order valence-corrected chi connectivity index (χ0v) is 19.5. The zero-order valence-electron chi connectivity index (χ0n) is 19.5. The van der Waals surface area contributed by atoms with E-state index in [1.807, 2.05) is 0 Å². The molecular weight excluding hydrogens is 455 g/mol. The van der Waals surface area contributed by atoms with Crippen molar-refractivity contribution in [3.63, 3.8) is 0 Å². The second kappa shape index (κ2) is 7.68. The van der Waals surface area contributed by atoms with E-state index in [1.54, 1.807) is 24.5 Å². The van der Waals surface area contributed by atoms with Gasteiger partial charge in [-0.2, -0.15) is 0 Å². The maximum absolute atomic E-state index is 14.8. The topological polar surface area (TPSA) is 111 Å². The van der Waals surface area contributed by atoms with Crippen LogP contribution in [-0.4, -0.2) is 38.9 Å². The Balaban J connectivity index is 1.66. The number of halogens is 1. The van der Waals surface area contributed by atoms with Gasteiger partial charge in [-0.15, -0.1) is 0 Å². The lowest BCUT2D eigenvalue weighted by Gasteiger charge is -2.31. The SMILES string of the molecule is CC[C@@]1(O)C(=O)OCc2c1cc1n(c2=O)Cc2c-1nc1cc(F)c(C)c3c1c2[C@@H](OCCO)CC3. The van der Waals surface area contributed by atoms with E-state index in [0.29, 0.717) is 35.3 Å². The summed E-state index contributed by atoms with van der Waals surface area (Å²) in [5, 5.41) is 21.3. The van der Waals surface area contributed by atoms with Crippen LogP contribution in [0.1, 0.15) is 59.3 Å². The maximum Gasteiger partial charge on any atom is 0.343 e. The standard InChI is InChI=1S/C26H25FN2O6/c1-3-26(33)16-8-19-23-14(10-29(19)24(31)15(16)11-35-25(26)32)22-20(34-7-6-30)5-4-13-12(2)17(27)9-18(28-23)21(13)22/h8-9,20,30,33H,3-7,10-11H2,1-2H3/t20-,26-/m0/s1. The van der Waals surface area contributed by atoms with Crippen molar-refractivity contribution in [3.05, 3.63) is 61.7 Å². The molecule has 0 bridgehead atoms. The van der Waals surface area contributed by atoms with E-state index in [0.717, 1.165) is 22.1 Å². The van der Waals surface area contributed by atoms with Crippen molar-refractivity contribution in [2.24, 2.45) is 0 Å². The van der Waals surface area contributed by atoms with Gasteiger partial charge in [0.15, 0.2) is 5.60 Å². The number of aromatic nitrogens is 2. The first-order valence-corrected chi connectivity index (χ1v) is 11.8. The molecule has 2 aromatic heterocycles. The lowest BCUT2D eigenvalue weighted by Crippen LogP contribution is -2.44. The number of fused-ring (bicyclic) bond motifs is 5. The average molecular weight is 480 g/mol. The Morgan fingerprint density at radius 2 is 2.09 bits per heavy atom. The first kappa shape index (κ1) is 22.3. The summed E-state index contributed by atoms with van der Waals surface area (Å²) < 4.78 is 27.6. The van der Waals surface area contributed by atoms with Crippen LogP contribution in [0.5, 0.6) is 0 Å². The number of ether oxygens (including phenoxy) is 2. The summed E-state index contributed by atoms with van der Waals surface area (Å²) in [6.45, 7) is 3.47. The second-order valence-corrected chi connectivity index (χ2v) is 9.43. The molecule has 1 aliphatic carbocycles. The number of aliphatic hydroxyl groups is 2. The highest BCUT2D eigenvalue weighted by molar-refractivity contribution is 5.93. The van der Waals surface area contributed by atoms with Crippen molar-refractivity contribution in [1.82, 2.24) is 9.55 Å². The molecule has 0 fully saturated rings. The summed E-state index contributed by atoms with van der Waals surface area (Å²) >= 11 is 0. The molecule has 9 heteroatoms. The van der Waals surface area contributed by atoms with Gasteiger partial charge in [-0.05, 0) is 48.9 Å². The molecule has 0 radical (unpaired) electrons. The molecule has 2 atom stereocenters. The van der Waals surface area contributed by atoms with Crippen molar-refractivity contribution >= 4 is 16.9 Å². The Bertz CT molecular complexity index is 1500. The van der Waals surface area contributed by atoms with Crippen LogP contribution in [0.4, 0.5) is 4.39 Å². The third-order valence-electron chi connectivity index (χ3n) is 7.74. The number of esters is 1. The fourth-order valence-electron chi connectivity index (χ4n) is 5.87. The Morgan fingerprint density at radius 3 is 2.83 bits per heavy atom. The summed E-state index contributed by atoms with van der Waals surface area (Å²) in [6.07, 6.45) is 0.947. The number of benzene rings is 1. The Morgan fingerprint density at radius 1 is 1.29 bits per heavy atom. The van der Waals surface area contributed by atoms with E-state index in [-0.39, 0.29) is 61.4 Å². The Hall–Kier alpha value is -3.14. The molecule has 0 saturated carbocycles. The van der Waals surface area contributed by atoms with Gasteiger partial charge in [0, 0.05) is 22.6 Å². The number of aliphatic hydroxyl groups excluding tert-OH is 1. The van der Waals surface area contributed by atoms with Crippen LogP contribution in [0.2, 0.25) is 0 Å².